The zero-order valence-electron chi connectivity index (χ0n) is 12.2. The Balaban J connectivity index is 1.71. The maximum atomic E-state index is 4.54. The van der Waals surface area contributed by atoms with Gasteiger partial charge in [0.15, 0.2) is 0 Å². The largest absolute Gasteiger partial charge is 0.308 e. The molecule has 2 heterocycles. The van der Waals surface area contributed by atoms with Gasteiger partial charge in [0.25, 0.3) is 0 Å². The fourth-order valence-corrected chi connectivity index (χ4v) is 3.15. The number of nitrogens with zero attached hydrogens (tertiary/aromatic N) is 3. The molecule has 1 saturated carbocycles. The van der Waals surface area contributed by atoms with Crippen molar-refractivity contribution in [3.8, 4) is 0 Å². The van der Waals surface area contributed by atoms with Crippen LogP contribution in [0.4, 0.5) is 0 Å². The van der Waals surface area contributed by atoms with E-state index in [1.807, 2.05) is 19.2 Å². The minimum atomic E-state index is 0.300. The van der Waals surface area contributed by atoms with Gasteiger partial charge >= 0.3 is 0 Å². The molecule has 4 nitrogen and oxygen atoms in total. The minimum absolute atomic E-state index is 0.300. The standard InChI is InChI=1S/C15H24N4/c1-11-8-17-15(3,13-4-5-13)10-19(11)9-14-6-7-16-12(2)18-14/h6-7,11,13,17H,4-5,8-10H2,1-3H3. The molecular weight excluding hydrogens is 236 g/mol. The van der Waals surface area contributed by atoms with Crippen molar-refractivity contribution in [1.82, 2.24) is 20.2 Å². The molecule has 0 spiro atoms. The van der Waals surface area contributed by atoms with Gasteiger partial charge in [0.05, 0.1) is 5.69 Å². The summed E-state index contributed by atoms with van der Waals surface area (Å²) in [5, 5.41) is 3.76. The second kappa shape index (κ2) is 4.84. The second-order valence-corrected chi connectivity index (χ2v) is 6.42. The van der Waals surface area contributed by atoms with Crippen LogP contribution in [0.1, 0.15) is 38.2 Å². The maximum Gasteiger partial charge on any atom is 0.125 e. The van der Waals surface area contributed by atoms with Crippen LogP contribution in [0, 0.1) is 12.8 Å². The predicted octanol–water partition coefficient (Wildman–Crippen LogP) is 1.75. The first-order valence-electron chi connectivity index (χ1n) is 7.34. The Morgan fingerprint density at radius 3 is 2.95 bits per heavy atom. The van der Waals surface area contributed by atoms with Crippen LogP contribution in [0.15, 0.2) is 12.3 Å². The number of rotatable bonds is 3. The molecule has 0 radical (unpaired) electrons. The third-order valence-electron chi connectivity index (χ3n) is 4.63. The topological polar surface area (TPSA) is 41.1 Å². The molecule has 4 heteroatoms. The summed E-state index contributed by atoms with van der Waals surface area (Å²) in [5.41, 5.74) is 1.44. The molecule has 1 aromatic heterocycles. The lowest BCUT2D eigenvalue weighted by molar-refractivity contribution is 0.0759. The molecule has 2 unspecified atom stereocenters. The maximum absolute atomic E-state index is 4.54. The van der Waals surface area contributed by atoms with Gasteiger partial charge in [-0.3, -0.25) is 4.90 Å². The summed E-state index contributed by atoms with van der Waals surface area (Å²) in [6, 6.07) is 2.61. The fourth-order valence-electron chi connectivity index (χ4n) is 3.15. The molecule has 1 aliphatic heterocycles. The van der Waals surface area contributed by atoms with Gasteiger partial charge in [0.1, 0.15) is 5.82 Å². The van der Waals surface area contributed by atoms with Crippen molar-refractivity contribution in [2.45, 2.75) is 51.7 Å². The van der Waals surface area contributed by atoms with Crippen LogP contribution in [0.3, 0.4) is 0 Å². The van der Waals surface area contributed by atoms with E-state index in [0.29, 0.717) is 11.6 Å². The highest BCUT2D eigenvalue weighted by Gasteiger charge is 2.45. The highest BCUT2D eigenvalue weighted by Crippen LogP contribution is 2.41. The van der Waals surface area contributed by atoms with Crippen LogP contribution in [-0.2, 0) is 6.54 Å². The molecule has 104 valence electrons. The molecule has 1 aromatic rings. The summed E-state index contributed by atoms with van der Waals surface area (Å²) in [5.74, 6) is 1.74. The second-order valence-electron chi connectivity index (χ2n) is 6.42. The van der Waals surface area contributed by atoms with Crippen molar-refractivity contribution in [2.24, 2.45) is 5.92 Å². The fraction of sp³-hybridized carbons (Fsp3) is 0.733. The molecule has 19 heavy (non-hydrogen) atoms. The monoisotopic (exact) mass is 260 g/mol. The number of hydrogen-bond donors (Lipinski definition) is 1. The van der Waals surface area contributed by atoms with Gasteiger partial charge in [-0.25, -0.2) is 9.97 Å². The zero-order valence-corrected chi connectivity index (χ0v) is 12.2. The van der Waals surface area contributed by atoms with Gasteiger partial charge in [-0.05, 0) is 45.6 Å². The van der Waals surface area contributed by atoms with Crippen molar-refractivity contribution in [1.29, 1.82) is 0 Å². The van der Waals surface area contributed by atoms with E-state index < -0.39 is 0 Å². The lowest BCUT2D eigenvalue weighted by atomic mass is 9.91. The number of aryl methyl sites for hydroxylation is 1. The van der Waals surface area contributed by atoms with Crippen molar-refractivity contribution < 1.29 is 0 Å². The SMILES string of the molecule is Cc1nccc(CN2CC(C)(C3CC3)NCC2C)n1. The minimum Gasteiger partial charge on any atom is -0.308 e. The molecule has 2 atom stereocenters. The van der Waals surface area contributed by atoms with Crippen LogP contribution >= 0.6 is 0 Å². The molecule has 3 rings (SSSR count). The number of piperazine rings is 1. The van der Waals surface area contributed by atoms with Crippen molar-refractivity contribution in [3.05, 3.63) is 23.8 Å². The van der Waals surface area contributed by atoms with Gasteiger partial charge in [-0.15, -0.1) is 0 Å². The van der Waals surface area contributed by atoms with Crippen LogP contribution < -0.4 is 5.32 Å². The Hall–Kier alpha value is -1.00. The first kappa shape index (κ1) is 13.0. The highest BCUT2D eigenvalue weighted by atomic mass is 15.3. The third kappa shape index (κ3) is 2.79. The summed E-state index contributed by atoms with van der Waals surface area (Å²) in [6.07, 6.45) is 4.64. The number of nitrogens with one attached hydrogen (secondary N) is 1. The molecule has 0 bridgehead atoms. The Bertz CT molecular complexity index is 457. The van der Waals surface area contributed by atoms with Crippen molar-refractivity contribution in [2.75, 3.05) is 13.1 Å². The summed E-state index contributed by atoms with van der Waals surface area (Å²) in [7, 11) is 0. The summed E-state index contributed by atoms with van der Waals surface area (Å²) in [4.78, 5) is 11.3. The van der Waals surface area contributed by atoms with E-state index in [0.717, 1.165) is 37.1 Å². The lowest BCUT2D eigenvalue weighted by Crippen LogP contribution is -2.62. The Labute approximate surface area is 115 Å². The van der Waals surface area contributed by atoms with Gasteiger partial charge in [-0.2, -0.15) is 0 Å². The van der Waals surface area contributed by atoms with Crippen LogP contribution in [0.5, 0.6) is 0 Å². The van der Waals surface area contributed by atoms with E-state index in [4.69, 9.17) is 0 Å². The molecule has 0 aromatic carbocycles. The van der Waals surface area contributed by atoms with E-state index in [2.05, 4.69) is 34.0 Å². The number of hydrogen-bond acceptors (Lipinski definition) is 4. The molecule has 1 aliphatic carbocycles. The van der Waals surface area contributed by atoms with E-state index in [1.54, 1.807) is 0 Å². The predicted molar refractivity (Wildman–Crippen MR) is 75.8 cm³/mol. The van der Waals surface area contributed by atoms with Crippen molar-refractivity contribution in [3.63, 3.8) is 0 Å². The van der Waals surface area contributed by atoms with Crippen LogP contribution in [0.25, 0.3) is 0 Å². The van der Waals surface area contributed by atoms with E-state index in [-0.39, 0.29) is 0 Å². The molecule has 0 amide bonds. The third-order valence-corrected chi connectivity index (χ3v) is 4.63. The summed E-state index contributed by atoms with van der Waals surface area (Å²) in [6.45, 7) is 9.79. The normalized spacial score (nSPS) is 32.5. The quantitative estimate of drug-likeness (QED) is 0.899. The Kier molecular flexibility index (Phi) is 3.31. The zero-order chi connectivity index (χ0) is 13.5. The van der Waals surface area contributed by atoms with Gasteiger partial charge < -0.3 is 5.32 Å². The first-order valence-corrected chi connectivity index (χ1v) is 7.34. The number of aromatic nitrogens is 2. The molecular formula is C15H24N4. The van der Waals surface area contributed by atoms with Crippen LogP contribution in [0.2, 0.25) is 0 Å². The smallest absolute Gasteiger partial charge is 0.125 e. The molecule has 1 N–H and O–H groups in total. The first-order chi connectivity index (χ1) is 9.07. The van der Waals surface area contributed by atoms with Gasteiger partial charge in [0, 0.05) is 37.4 Å². The van der Waals surface area contributed by atoms with Crippen molar-refractivity contribution >= 4 is 0 Å². The van der Waals surface area contributed by atoms with Crippen LogP contribution in [-0.4, -0.2) is 39.5 Å². The molecule has 2 fully saturated rings. The van der Waals surface area contributed by atoms with E-state index in [1.165, 1.54) is 12.8 Å². The summed E-state index contributed by atoms with van der Waals surface area (Å²) < 4.78 is 0. The van der Waals surface area contributed by atoms with E-state index >= 15 is 0 Å². The summed E-state index contributed by atoms with van der Waals surface area (Å²) >= 11 is 0. The Morgan fingerprint density at radius 1 is 1.47 bits per heavy atom. The molecule has 1 saturated heterocycles. The molecule has 2 aliphatic rings. The average molecular weight is 260 g/mol. The highest BCUT2D eigenvalue weighted by molar-refractivity contribution is 5.07. The van der Waals surface area contributed by atoms with E-state index in [9.17, 15) is 0 Å². The lowest BCUT2D eigenvalue weighted by Gasteiger charge is -2.45. The van der Waals surface area contributed by atoms with Gasteiger partial charge in [-0.1, -0.05) is 0 Å². The Morgan fingerprint density at radius 2 is 2.26 bits per heavy atom. The van der Waals surface area contributed by atoms with Gasteiger partial charge in [0.2, 0.25) is 0 Å². The average Bonchev–Trinajstić information content (AvgIpc) is 3.19.